The SMILES string of the molecule is Cn1c(COc2cc(Cl)c(Cl)cc2Cl)cc(=O)n(C)c1=O. The van der Waals surface area contributed by atoms with Crippen LogP contribution < -0.4 is 16.0 Å². The smallest absolute Gasteiger partial charge is 0.330 e. The average molecular weight is 350 g/mol. The Hall–Kier alpha value is -1.43. The van der Waals surface area contributed by atoms with Crippen molar-refractivity contribution in [1.82, 2.24) is 9.13 Å². The van der Waals surface area contributed by atoms with E-state index in [-0.39, 0.29) is 6.61 Å². The van der Waals surface area contributed by atoms with Crippen LogP contribution in [0.15, 0.2) is 27.8 Å². The molecule has 2 aromatic rings. The maximum atomic E-state index is 11.8. The van der Waals surface area contributed by atoms with E-state index < -0.39 is 11.2 Å². The molecule has 1 heterocycles. The third-order valence-corrected chi connectivity index (χ3v) is 3.99. The van der Waals surface area contributed by atoms with Crippen molar-refractivity contribution in [3.63, 3.8) is 0 Å². The normalized spacial score (nSPS) is 10.7. The van der Waals surface area contributed by atoms with E-state index in [2.05, 4.69) is 0 Å². The van der Waals surface area contributed by atoms with Crippen LogP contribution >= 0.6 is 34.8 Å². The molecule has 0 aliphatic heterocycles. The Morgan fingerprint density at radius 3 is 2.24 bits per heavy atom. The lowest BCUT2D eigenvalue weighted by Gasteiger charge is -2.12. The second kappa shape index (κ2) is 6.13. The predicted molar refractivity (Wildman–Crippen MR) is 82.7 cm³/mol. The molecule has 0 spiro atoms. The van der Waals surface area contributed by atoms with Crippen molar-refractivity contribution in [2.45, 2.75) is 6.61 Å². The molecule has 0 amide bonds. The Morgan fingerprint density at radius 2 is 1.57 bits per heavy atom. The van der Waals surface area contributed by atoms with Gasteiger partial charge in [-0.3, -0.25) is 13.9 Å². The van der Waals surface area contributed by atoms with Crippen molar-refractivity contribution in [3.8, 4) is 5.75 Å². The van der Waals surface area contributed by atoms with E-state index in [1.165, 1.54) is 29.8 Å². The first-order valence-corrected chi connectivity index (χ1v) is 6.98. The highest BCUT2D eigenvalue weighted by Crippen LogP contribution is 2.34. The minimum Gasteiger partial charge on any atom is -0.486 e. The summed E-state index contributed by atoms with van der Waals surface area (Å²) in [6.07, 6.45) is 0. The van der Waals surface area contributed by atoms with Crippen molar-refractivity contribution in [1.29, 1.82) is 0 Å². The van der Waals surface area contributed by atoms with E-state index in [1.807, 2.05) is 0 Å². The Kier molecular flexibility index (Phi) is 4.66. The first-order valence-electron chi connectivity index (χ1n) is 5.84. The van der Waals surface area contributed by atoms with Gasteiger partial charge in [-0.2, -0.15) is 0 Å². The van der Waals surface area contributed by atoms with Gasteiger partial charge in [0.15, 0.2) is 0 Å². The maximum Gasteiger partial charge on any atom is 0.330 e. The molecule has 8 heteroatoms. The van der Waals surface area contributed by atoms with Gasteiger partial charge >= 0.3 is 5.69 Å². The summed E-state index contributed by atoms with van der Waals surface area (Å²) in [4.78, 5) is 23.4. The number of hydrogen-bond acceptors (Lipinski definition) is 3. The van der Waals surface area contributed by atoms with Crippen LogP contribution in [0.1, 0.15) is 5.69 Å². The summed E-state index contributed by atoms with van der Waals surface area (Å²) in [6, 6.07) is 4.27. The van der Waals surface area contributed by atoms with Gasteiger partial charge < -0.3 is 4.74 Å². The largest absolute Gasteiger partial charge is 0.486 e. The number of benzene rings is 1. The molecular weight excluding hydrogens is 339 g/mol. The standard InChI is InChI=1S/C13H11Cl3N2O3/c1-17-7(3-12(19)18(2)13(17)20)6-21-11-5-9(15)8(14)4-10(11)16/h3-5H,6H2,1-2H3. The number of ether oxygens (including phenoxy) is 1. The number of halogens is 3. The molecule has 0 fully saturated rings. The lowest BCUT2D eigenvalue weighted by Crippen LogP contribution is -2.38. The van der Waals surface area contributed by atoms with E-state index >= 15 is 0 Å². The Bertz CT molecular complexity index is 812. The maximum absolute atomic E-state index is 11.8. The predicted octanol–water partition coefficient (Wildman–Crippen LogP) is 2.62. The van der Waals surface area contributed by atoms with E-state index in [0.29, 0.717) is 26.5 Å². The fourth-order valence-corrected chi connectivity index (χ4v) is 2.27. The molecule has 1 aromatic heterocycles. The molecule has 0 bridgehead atoms. The molecule has 0 saturated carbocycles. The number of nitrogens with zero attached hydrogens (tertiary/aromatic N) is 2. The highest BCUT2D eigenvalue weighted by atomic mass is 35.5. The zero-order valence-electron chi connectivity index (χ0n) is 11.2. The zero-order valence-corrected chi connectivity index (χ0v) is 13.5. The molecule has 112 valence electrons. The number of rotatable bonds is 3. The molecule has 0 radical (unpaired) electrons. The minimum absolute atomic E-state index is 0.000495. The van der Waals surface area contributed by atoms with E-state index in [1.54, 1.807) is 7.05 Å². The average Bonchev–Trinajstić information content (AvgIpc) is 2.44. The minimum atomic E-state index is -0.429. The zero-order chi connectivity index (χ0) is 15.7. The van der Waals surface area contributed by atoms with Gasteiger partial charge in [-0.05, 0) is 6.07 Å². The molecule has 5 nitrogen and oxygen atoms in total. The molecule has 0 aliphatic rings. The van der Waals surface area contributed by atoms with Gasteiger partial charge in [0.05, 0.1) is 20.8 Å². The first-order chi connectivity index (χ1) is 9.81. The van der Waals surface area contributed by atoms with Gasteiger partial charge in [-0.1, -0.05) is 34.8 Å². The molecule has 0 atom stereocenters. The van der Waals surface area contributed by atoms with Gasteiger partial charge in [0.1, 0.15) is 12.4 Å². The fraction of sp³-hybridized carbons (Fsp3) is 0.231. The lowest BCUT2D eigenvalue weighted by molar-refractivity contribution is 0.294. The summed E-state index contributed by atoms with van der Waals surface area (Å²) in [6.45, 7) is -0.000495. The Morgan fingerprint density at radius 1 is 0.952 bits per heavy atom. The van der Waals surface area contributed by atoms with Crippen molar-refractivity contribution < 1.29 is 4.74 Å². The molecule has 1 aromatic carbocycles. The fourth-order valence-electron chi connectivity index (χ4n) is 1.68. The van der Waals surface area contributed by atoms with Crippen LogP contribution in [0.25, 0.3) is 0 Å². The Balaban J connectivity index is 2.31. The summed E-state index contributed by atoms with van der Waals surface area (Å²) in [7, 11) is 2.96. The summed E-state index contributed by atoms with van der Waals surface area (Å²) >= 11 is 17.7. The van der Waals surface area contributed by atoms with Crippen LogP contribution in [0, 0.1) is 0 Å². The van der Waals surface area contributed by atoms with Gasteiger partial charge in [-0.15, -0.1) is 0 Å². The number of hydrogen-bond donors (Lipinski definition) is 0. The molecule has 21 heavy (non-hydrogen) atoms. The van der Waals surface area contributed by atoms with Crippen LogP contribution in [0.3, 0.4) is 0 Å². The van der Waals surface area contributed by atoms with Gasteiger partial charge in [0, 0.05) is 26.2 Å². The third kappa shape index (κ3) is 3.26. The topological polar surface area (TPSA) is 53.2 Å². The first kappa shape index (κ1) is 15.9. The van der Waals surface area contributed by atoms with Crippen LogP contribution in [-0.4, -0.2) is 9.13 Å². The van der Waals surface area contributed by atoms with Crippen molar-refractivity contribution in [2.24, 2.45) is 14.1 Å². The lowest BCUT2D eigenvalue weighted by atomic mass is 10.3. The molecular formula is C13H11Cl3N2O3. The molecule has 0 N–H and O–H groups in total. The van der Waals surface area contributed by atoms with Crippen molar-refractivity contribution in [3.05, 3.63) is 59.8 Å². The molecule has 0 unspecified atom stereocenters. The molecule has 0 saturated heterocycles. The number of aromatic nitrogens is 2. The van der Waals surface area contributed by atoms with Crippen molar-refractivity contribution >= 4 is 34.8 Å². The van der Waals surface area contributed by atoms with Gasteiger partial charge in [-0.25, -0.2) is 4.79 Å². The Labute approximate surface area is 135 Å². The third-order valence-electron chi connectivity index (χ3n) is 2.98. The quantitative estimate of drug-likeness (QED) is 0.801. The van der Waals surface area contributed by atoms with E-state index in [0.717, 1.165) is 4.57 Å². The summed E-state index contributed by atoms with van der Waals surface area (Å²) in [5, 5.41) is 0.905. The van der Waals surface area contributed by atoms with E-state index in [9.17, 15) is 9.59 Å². The highest BCUT2D eigenvalue weighted by Gasteiger charge is 2.10. The van der Waals surface area contributed by atoms with E-state index in [4.69, 9.17) is 39.5 Å². The summed E-state index contributed by atoms with van der Waals surface area (Å²) < 4.78 is 7.84. The monoisotopic (exact) mass is 348 g/mol. The van der Waals surface area contributed by atoms with Crippen LogP contribution in [0.5, 0.6) is 5.75 Å². The summed E-state index contributed by atoms with van der Waals surface area (Å²) in [5.41, 5.74) is -0.413. The second-order valence-electron chi connectivity index (χ2n) is 4.36. The highest BCUT2D eigenvalue weighted by molar-refractivity contribution is 6.43. The van der Waals surface area contributed by atoms with Gasteiger partial charge in [0.2, 0.25) is 0 Å². The molecule has 2 rings (SSSR count). The van der Waals surface area contributed by atoms with Crippen molar-refractivity contribution in [2.75, 3.05) is 0 Å². The molecule has 0 aliphatic carbocycles. The van der Waals surface area contributed by atoms with Gasteiger partial charge in [0.25, 0.3) is 5.56 Å². The summed E-state index contributed by atoms with van der Waals surface area (Å²) in [5.74, 6) is 0.319. The second-order valence-corrected chi connectivity index (χ2v) is 5.58. The van der Waals surface area contributed by atoms with Crippen LogP contribution in [-0.2, 0) is 20.7 Å². The van der Waals surface area contributed by atoms with Crippen LogP contribution in [0.2, 0.25) is 15.1 Å². The van der Waals surface area contributed by atoms with Crippen LogP contribution in [0.4, 0.5) is 0 Å².